The van der Waals surface area contributed by atoms with E-state index in [0.29, 0.717) is 10.0 Å². The van der Waals surface area contributed by atoms with Crippen LogP contribution in [0.4, 0.5) is 0 Å². The fourth-order valence-corrected chi connectivity index (χ4v) is 3.38. The Balaban J connectivity index is 2.44. The maximum atomic E-state index is 6.13. The van der Waals surface area contributed by atoms with Crippen molar-refractivity contribution in [3.05, 3.63) is 33.3 Å². The number of rotatable bonds is 3. The molecule has 6 heteroatoms. The predicted octanol–water partition coefficient (Wildman–Crippen LogP) is 5.36. The van der Waals surface area contributed by atoms with Crippen molar-refractivity contribution in [2.24, 2.45) is 0 Å². The largest absolute Gasteiger partial charge is 0.150 e. The van der Waals surface area contributed by atoms with Gasteiger partial charge < -0.3 is 0 Å². The van der Waals surface area contributed by atoms with E-state index in [2.05, 4.69) is 33.1 Å². The summed E-state index contributed by atoms with van der Waals surface area (Å²) >= 11 is 17.3. The highest BCUT2D eigenvalue weighted by Gasteiger charge is 2.16. The summed E-state index contributed by atoms with van der Waals surface area (Å²) < 4.78 is 0. The maximum absolute atomic E-state index is 6.13. The number of alkyl halides is 1. The molecule has 0 N–H and O–H groups in total. The first-order valence-electron chi connectivity index (χ1n) is 5.05. The van der Waals surface area contributed by atoms with Crippen LogP contribution in [0, 0.1) is 0 Å². The molecule has 0 radical (unpaired) electrons. The van der Waals surface area contributed by atoms with E-state index in [4.69, 9.17) is 23.2 Å². The molecule has 1 aromatic carbocycles. The van der Waals surface area contributed by atoms with E-state index < -0.39 is 0 Å². The van der Waals surface area contributed by atoms with Gasteiger partial charge in [0, 0.05) is 5.56 Å². The fraction of sp³-hybridized carbons (Fsp3) is 0.273. The van der Waals surface area contributed by atoms with Crippen molar-refractivity contribution in [2.75, 3.05) is 0 Å². The van der Waals surface area contributed by atoms with Crippen LogP contribution in [0.2, 0.25) is 10.0 Å². The van der Waals surface area contributed by atoms with Crippen molar-refractivity contribution >= 4 is 50.5 Å². The van der Waals surface area contributed by atoms with Gasteiger partial charge in [-0.3, -0.25) is 0 Å². The average molecular weight is 352 g/mol. The molecule has 1 heterocycles. The molecule has 2 aromatic rings. The lowest BCUT2D eigenvalue weighted by Crippen LogP contribution is -1.85. The van der Waals surface area contributed by atoms with Crippen LogP contribution in [0.5, 0.6) is 0 Å². The van der Waals surface area contributed by atoms with Gasteiger partial charge in [-0.1, -0.05) is 63.5 Å². The summed E-state index contributed by atoms with van der Waals surface area (Å²) in [7, 11) is 0. The summed E-state index contributed by atoms with van der Waals surface area (Å²) in [6, 6.07) is 5.42. The summed E-state index contributed by atoms with van der Waals surface area (Å²) in [5.74, 6) is 0. The molecule has 1 unspecified atom stereocenters. The van der Waals surface area contributed by atoms with Gasteiger partial charge in [-0.15, -0.1) is 10.2 Å². The molecule has 90 valence electrons. The molecule has 0 saturated carbocycles. The van der Waals surface area contributed by atoms with Crippen LogP contribution in [0.1, 0.15) is 23.2 Å². The molecule has 0 spiro atoms. The topological polar surface area (TPSA) is 25.8 Å². The minimum Gasteiger partial charge on any atom is -0.142 e. The zero-order valence-corrected chi connectivity index (χ0v) is 12.9. The summed E-state index contributed by atoms with van der Waals surface area (Å²) in [6.45, 7) is 2.09. The Morgan fingerprint density at radius 1 is 1.29 bits per heavy atom. The Labute approximate surface area is 122 Å². The van der Waals surface area contributed by atoms with Gasteiger partial charge in [0.1, 0.15) is 5.01 Å². The Morgan fingerprint density at radius 2 is 1.94 bits per heavy atom. The van der Waals surface area contributed by atoms with E-state index in [1.165, 1.54) is 11.3 Å². The van der Waals surface area contributed by atoms with E-state index in [0.717, 1.165) is 22.0 Å². The SMILES string of the molecule is CCC(Br)c1nnc(-c2c(Cl)cccc2Cl)s1. The molecule has 0 aliphatic rings. The third-order valence-corrected chi connectivity index (χ3v) is 5.31. The molecule has 0 aliphatic heterocycles. The van der Waals surface area contributed by atoms with Gasteiger partial charge in [0.05, 0.1) is 14.9 Å². The molecule has 2 nitrogen and oxygen atoms in total. The third kappa shape index (κ3) is 2.81. The van der Waals surface area contributed by atoms with Crippen LogP contribution in [0.3, 0.4) is 0 Å². The van der Waals surface area contributed by atoms with Gasteiger partial charge in [0.2, 0.25) is 0 Å². The molecule has 0 amide bonds. The van der Waals surface area contributed by atoms with Crippen LogP contribution >= 0.6 is 50.5 Å². The Morgan fingerprint density at radius 3 is 2.53 bits per heavy atom. The first kappa shape index (κ1) is 13.3. The van der Waals surface area contributed by atoms with Gasteiger partial charge in [-0.25, -0.2) is 0 Å². The van der Waals surface area contributed by atoms with Gasteiger partial charge in [-0.2, -0.15) is 0 Å². The number of nitrogens with zero attached hydrogens (tertiary/aromatic N) is 2. The van der Waals surface area contributed by atoms with Crippen molar-refractivity contribution in [2.45, 2.75) is 18.2 Å². The highest BCUT2D eigenvalue weighted by Crippen LogP contribution is 2.38. The van der Waals surface area contributed by atoms with Gasteiger partial charge in [0.15, 0.2) is 5.01 Å². The molecule has 0 bridgehead atoms. The van der Waals surface area contributed by atoms with Gasteiger partial charge in [0.25, 0.3) is 0 Å². The predicted molar refractivity (Wildman–Crippen MR) is 77.3 cm³/mol. The Kier molecular flexibility index (Phi) is 4.42. The van der Waals surface area contributed by atoms with Gasteiger partial charge >= 0.3 is 0 Å². The standard InChI is InChI=1S/C11H9BrCl2N2S/c1-2-6(12)10-15-16-11(17-10)9-7(13)4-3-5-8(9)14/h3-6H,2H2,1H3. The van der Waals surface area contributed by atoms with E-state index in [9.17, 15) is 0 Å². The second kappa shape index (κ2) is 5.65. The van der Waals surface area contributed by atoms with E-state index in [1.54, 1.807) is 12.1 Å². The lowest BCUT2D eigenvalue weighted by Gasteiger charge is -2.02. The van der Waals surface area contributed by atoms with E-state index in [-0.39, 0.29) is 4.83 Å². The second-order valence-electron chi connectivity index (χ2n) is 3.42. The molecular weight excluding hydrogens is 343 g/mol. The first-order chi connectivity index (χ1) is 8.13. The number of hydrogen-bond donors (Lipinski definition) is 0. The Hall–Kier alpha value is -0.160. The molecule has 1 aromatic heterocycles. The number of hydrogen-bond acceptors (Lipinski definition) is 3. The van der Waals surface area contributed by atoms with Crippen LogP contribution in [-0.2, 0) is 0 Å². The van der Waals surface area contributed by atoms with E-state index >= 15 is 0 Å². The minimum absolute atomic E-state index is 0.231. The van der Waals surface area contributed by atoms with Crippen molar-refractivity contribution in [1.29, 1.82) is 0 Å². The smallest absolute Gasteiger partial charge is 0.142 e. The number of halogens is 3. The highest BCUT2D eigenvalue weighted by atomic mass is 79.9. The van der Waals surface area contributed by atoms with Gasteiger partial charge in [-0.05, 0) is 18.6 Å². The fourth-order valence-electron chi connectivity index (χ4n) is 1.34. The minimum atomic E-state index is 0.231. The van der Waals surface area contributed by atoms with E-state index in [1.807, 2.05) is 6.07 Å². The molecule has 0 fully saturated rings. The summed E-state index contributed by atoms with van der Waals surface area (Å²) in [5, 5.41) is 11.2. The summed E-state index contributed by atoms with van der Waals surface area (Å²) in [6.07, 6.45) is 0.963. The lowest BCUT2D eigenvalue weighted by molar-refractivity contribution is 0.870. The number of benzene rings is 1. The molecular formula is C11H9BrCl2N2S. The molecule has 0 aliphatic carbocycles. The van der Waals surface area contributed by atoms with Crippen molar-refractivity contribution in [3.8, 4) is 10.6 Å². The average Bonchev–Trinajstić information content (AvgIpc) is 2.77. The molecule has 0 saturated heterocycles. The number of aromatic nitrogens is 2. The Bertz CT molecular complexity index is 510. The van der Waals surface area contributed by atoms with Crippen LogP contribution < -0.4 is 0 Å². The summed E-state index contributed by atoms with van der Waals surface area (Å²) in [5.41, 5.74) is 0.760. The van der Waals surface area contributed by atoms with Crippen LogP contribution in [-0.4, -0.2) is 10.2 Å². The van der Waals surface area contributed by atoms with Crippen molar-refractivity contribution in [1.82, 2.24) is 10.2 Å². The third-order valence-electron chi connectivity index (χ3n) is 2.24. The monoisotopic (exact) mass is 350 g/mol. The molecule has 1 atom stereocenters. The van der Waals surface area contributed by atoms with Crippen LogP contribution in [0.25, 0.3) is 10.6 Å². The highest BCUT2D eigenvalue weighted by molar-refractivity contribution is 9.09. The van der Waals surface area contributed by atoms with Crippen molar-refractivity contribution in [3.63, 3.8) is 0 Å². The quantitative estimate of drug-likeness (QED) is 0.696. The first-order valence-corrected chi connectivity index (χ1v) is 7.54. The molecule has 17 heavy (non-hydrogen) atoms. The maximum Gasteiger partial charge on any atom is 0.150 e. The zero-order valence-electron chi connectivity index (χ0n) is 8.95. The second-order valence-corrected chi connectivity index (χ2v) is 6.35. The molecule has 2 rings (SSSR count). The lowest BCUT2D eigenvalue weighted by atomic mass is 10.2. The van der Waals surface area contributed by atoms with Crippen molar-refractivity contribution < 1.29 is 0 Å². The summed E-state index contributed by atoms with van der Waals surface area (Å²) in [4.78, 5) is 0.231. The van der Waals surface area contributed by atoms with Crippen LogP contribution in [0.15, 0.2) is 18.2 Å². The normalized spacial score (nSPS) is 12.7. The zero-order chi connectivity index (χ0) is 12.4.